The van der Waals surface area contributed by atoms with Crippen molar-refractivity contribution in [2.75, 3.05) is 13.6 Å². The van der Waals surface area contributed by atoms with E-state index in [1.165, 1.54) is 6.42 Å². The molecular weight excluding hydrogens is 427 g/mol. The van der Waals surface area contributed by atoms with Crippen LogP contribution >= 0.6 is 34.8 Å². The molecule has 6 heteroatoms. The zero-order valence-corrected chi connectivity index (χ0v) is 19.3. The molecule has 3 unspecified atom stereocenters. The molecule has 1 aliphatic rings. The number of nitrogens with one attached hydrogen (secondary N) is 1. The number of piperidine rings is 1. The van der Waals surface area contributed by atoms with E-state index in [0.717, 1.165) is 24.9 Å². The fourth-order valence-corrected chi connectivity index (χ4v) is 5.27. The molecule has 0 aliphatic carbocycles. The molecule has 0 saturated carbocycles. The van der Waals surface area contributed by atoms with Gasteiger partial charge in [0, 0.05) is 17.1 Å². The number of benzene rings is 2. The highest BCUT2D eigenvalue weighted by molar-refractivity contribution is 6.42. The number of amides is 1. The van der Waals surface area contributed by atoms with Gasteiger partial charge in [-0.1, -0.05) is 78.5 Å². The summed E-state index contributed by atoms with van der Waals surface area (Å²) in [6.07, 6.45) is 3.29. The van der Waals surface area contributed by atoms with E-state index in [9.17, 15) is 4.79 Å². The SMILES string of the molecule is CCC1CCC(C)(C(NC(=O)c2c(Cl)cc(Cl)cc2Cl)c2ccccc2)N(C)C1. The Kier molecular flexibility index (Phi) is 7.16. The van der Waals surface area contributed by atoms with Crippen molar-refractivity contribution in [2.45, 2.75) is 44.7 Å². The van der Waals surface area contributed by atoms with Crippen molar-refractivity contribution in [1.82, 2.24) is 10.2 Å². The van der Waals surface area contributed by atoms with Gasteiger partial charge in [0.1, 0.15) is 0 Å². The first-order chi connectivity index (χ1) is 13.8. The number of likely N-dealkylation sites (tertiary alicyclic amines) is 1. The fourth-order valence-electron chi connectivity index (χ4n) is 4.28. The lowest BCUT2D eigenvalue weighted by Gasteiger charge is -2.50. The molecular formula is C23H27Cl3N2O. The Bertz CT molecular complexity index is 851. The van der Waals surface area contributed by atoms with E-state index in [2.05, 4.69) is 43.2 Å². The summed E-state index contributed by atoms with van der Waals surface area (Å²) >= 11 is 18.6. The average Bonchev–Trinajstić information content (AvgIpc) is 2.68. The molecule has 156 valence electrons. The van der Waals surface area contributed by atoms with Crippen LogP contribution in [0.25, 0.3) is 0 Å². The Labute approximate surface area is 188 Å². The normalized spacial score (nSPS) is 23.6. The molecule has 1 amide bonds. The first kappa shape index (κ1) is 22.4. The second-order valence-corrected chi connectivity index (χ2v) is 9.36. The highest BCUT2D eigenvalue weighted by Crippen LogP contribution is 2.41. The number of nitrogens with zero attached hydrogens (tertiary/aromatic N) is 1. The molecule has 0 radical (unpaired) electrons. The van der Waals surface area contributed by atoms with E-state index in [-0.39, 0.29) is 33.1 Å². The third-order valence-corrected chi connectivity index (χ3v) is 7.12. The number of halogens is 3. The zero-order chi connectivity index (χ0) is 21.2. The van der Waals surface area contributed by atoms with Crippen LogP contribution in [0, 0.1) is 5.92 Å². The Balaban J connectivity index is 1.97. The summed E-state index contributed by atoms with van der Waals surface area (Å²) in [5.74, 6) is 0.387. The van der Waals surface area contributed by atoms with Gasteiger partial charge in [-0.3, -0.25) is 9.69 Å². The van der Waals surface area contributed by atoms with Crippen LogP contribution in [0.15, 0.2) is 42.5 Å². The van der Waals surface area contributed by atoms with Crippen LogP contribution in [-0.4, -0.2) is 29.9 Å². The maximum Gasteiger partial charge on any atom is 0.254 e. The van der Waals surface area contributed by atoms with E-state index < -0.39 is 0 Å². The van der Waals surface area contributed by atoms with E-state index in [4.69, 9.17) is 34.8 Å². The van der Waals surface area contributed by atoms with Gasteiger partial charge in [-0.2, -0.15) is 0 Å². The van der Waals surface area contributed by atoms with Crippen LogP contribution < -0.4 is 5.32 Å². The van der Waals surface area contributed by atoms with Crippen LogP contribution in [0.3, 0.4) is 0 Å². The average molecular weight is 454 g/mol. The number of likely N-dealkylation sites (N-methyl/N-ethyl adjacent to an activating group) is 1. The summed E-state index contributed by atoms with van der Waals surface area (Å²) in [6.45, 7) is 5.47. The molecule has 0 bridgehead atoms. The number of hydrogen-bond acceptors (Lipinski definition) is 2. The van der Waals surface area contributed by atoms with Crippen molar-refractivity contribution >= 4 is 40.7 Å². The Morgan fingerprint density at radius 3 is 2.38 bits per heavy atom. The minimum Gasteiger partial charge on any atom is -0.343 e. The summed E-state index contributed by atoms with van der Waals surface area (Å²) in [4.78, 5) is 15.6. The number of hydrogen-bond donors (Lipinski definition) is 1. The molecule has 1 N–H and O–H groups in total. The van der Waals surface area contributed by atoms with Gasteiger partial charge >= 0.3 is 0 Å². The summed E-state index contributed by atoms with van der Waals surface area (Å²) in [7, 11) is 2.15. The first-order valence-electron chi connectivity index (χ1n) is 9.97. The summed E-state index contributed by atoms with van der Waals surface area (Å²) in [5.41, 5.74) is 1.09. The van der Waals surface area contributed by atoms with E-state index in [1.54, 1.807) is 12.1 Å². The molecule has 2 aromatic rings. The predicted octanol–water partition coefficient (Wildman–Crippen LogP) is 6.63. The summed E-state index contributed by atoms with van der Waals surface area (Å²) in [6, 6.07) is 13.0. The second kappa shape index (κ2) is 9.26. The van der Waals surface area contributed by atoms with Gasteiger partial charge in [0.15, 0.2) is 0 Å². The smallest absolute Gasteiger partial charge is 0.254 e. The highest BCUT2D eigenvalue weighted by Gasteiger charge is 2.43. The lowest BCUT2D eigenvalue weighted by atomic mass is 9.75. The minimum atomic E-state index is -0.294. The quantitative estimate of drug-likeness (QED) is 0.551. The number of carbonyl (C=O) groups excluding carboxylic acids is 1. The van der Waals surface area contributed by atoms with E-state index in [1.807, 2.05) is 18.2 Å². The molecule has 3 rings (SSSR count). The zero-order valence-electron chi connectivity index (χ0n) is 17.0. The Morgan fingerprint density at radius 1 is 1.21 bits per heavy atom. The van der Waals surface area contributed by atoms with Gasteiger partial charge in [-0.15, -0.1) is 0 Å². The third kappa shape index (κ3) is 4.74. The predicted molar refractivity (Wildman–Crippen MR) is 122 cm³/mol. The lowest BCUT2D eigenvalue weighted by Crippen LogP contribution is -2.57. The molecule has 0 spiro atoms. The van der Waals surface area contributed by atoms with Gasteiger partial charge in [0.2, 0.25) is 0 Å². The fraction of sp³-hybridized carbons (Fsp3) is 0.435. The molecule has 3 atom stereocenters. The summed E-state index contributed by atoms with van der Waals surface area (Å²) in [5, 5.41) is 4.14. The monoisotopic (exact) mass is 452 g/mol. The van der Waals surface area contributed by atoms with E-state index >= 15 is 0 Å². The molecule has 29 heavy (non-hydrogen) atoms. The maximum atomic E-state index is 13.3. The maximum absolute atomic E-state index is 13.3. The van der Waals surface area contributed by atoms with Crippen molar-refractivity contribution in [3.63, 3.8) is 0 Å². The first-order valence-corrected chi connectivity index (χ1v) is 11.1. The van der Waals surface area contributed by atoms with Crippen LogP contribution in [0.2, 0.25) is 15.1 Å². The van der Waals surface area contributed by atoms with Crippen LogP contribution in [0.1, 0.15) is 55.1 Å². The largest absolute Gasteiger partial charge is 0.343 e. The molecule has 1 fully saturated rings. The van der Waals surface area contributed by atoms with Gasteiger partial charge in [-0.05, 0) is 50.4 Å². The Morgan fingerprint density at radius 2 is 1.83 bits per heavy atom. The molecule has 1 saturated heterocycles. The van der Waals surface area contributed by atoms with Crippen molar-refractivity contribution in [3.05, 3.63) is 68.7 Å². The molecule has 3 nitrogen and oxygen atoms in total. The molecule has 1 aliphatic heterocycles. The second-order valence-electron chi connectivity index (χ2n) is 8.11. The van der Waals surface area contributed by atoms with Gasteiger partial charge in [0.25, 0.3) is 5.91 Å². The van der Waals surface area contributed by atoms with Gasteiger partial charge < -0.3 is 5.32 Å². The molecule has 0 aromatic heterocycles. The van der Waals surface area contributed by atoms with Crippen molar-refractivity contribution in [2.24, 2.45) is 5.92 Å². The van der Waals surface area contributed by atoms with Crippen molar-refractivity contribution < 1.29 is 4.79 Å². The standard InChI is InChI=1S/C23H27Cl3N2O/c1-4-15-10-11-23(2,28(3)14-15)21(16-8-6-5-7-9-16)27-22(29)20-18(25)12-17(24)13-19(20)26/h5-9,12-13,15,21H,4,10-11,14H2,1-3H3,(H,27,29). The number of carbonyl (C=O) groups is 1. The van der Waals surface area contributed by atoms with Gasteiger partial charge in [0.05, 0.1) is 21.7 Å². The van der Waals surface area contributed by atoms with Crippen molar-refractivity contribution in [1.29, 1.82) is 0 Å². The summed E-state index contributed by atoms with van der Waals surface area (Å²) < 4.78 is 0. The third-order valence-electron chi connectivity index (χ3n) is 6.30. The van der Waals surface area contributed by atoms with Crippen LogP contribution in [-0.2, 0) is 0 Å². The van der Waals surface area contributed by atoms with Crippen LogP contribution in [0.5, 0.6) is 0 Å². The molecule has 1 heterocycles. The lowest BCUT2D eigenvalue weighted by molar-refractivity contribution is 0.0229. The van der Waals surface area contributed by atoms with E-state index in [0.29, 0.717) is 10.9 Å². The number of rotatable bonds is 5. The van der Waals surface area contributed by atoms with Gasteiger partial charge in [-0.25, -0.2) is 0 Å². The van der Waals surface area contributed by atoms with Crippen molar-refractivity contribution in [3.8, 4) is 0 Å². The topological polar surface area (TPSA) is 32.3 Å². The highest BCUT2D eigenvalue weighted by atomic mass is 35.5. The minimum absolute atomic E-state index is 0.207. The molecule has 2 aromatic carbocycles. The van der Waals surface area contributed by atoms with Crippen LogP contribution in [0.4, 0.5) is 0 Å². The Hall–Kier alpha value is -1.26.